The number of hydrogen-bond donors (Lipinski definition) is 13. The molecule has 1 aromatic carbocycles. The van der Waals surface area contributed by atoms with Gasteiger partial charge in [-0.2, -0.15) is 9.97 Å². The molecule has 8 aliphatic rings. The first-order chi connectivity index (χ1) is 46.8. The van der Waals surface area contributed by atoms with Crippen molar-refractivity contribution in [3.63, 3.8) is 0 Å². The number of esters is 2. The lowest BCUT2D eigenvalue weighted by Crippen LogP contribution is -2.41. The zero-order valence-electron chi connectivity index (χ0n) is 54.3. The van der Waals surface area contributed by atoms with Crippen molar-refractivity contribution in [3.8, 4) is 0 Å². The summed E-state index contributed by atoms with van der Waals surface area (Å²) in [4.78, 5) is 88.1. The summed E-state index contributed by atoms with van der Waals surface area (Å²) in [5.74, 6) is 1.57. The Bertz CT molecular complexity index is 4530. The number of nitrogens with two attached hydrogens (primary N) is 3. The fourth-order valence-electron chi connectivity index (χ4n) is 16.5. The Morgan fingerprint density at radius 3 is 1.37 bits per heavy atom. The van der Waals surface area contributed by atoms with Gasteiger partial charge in [-0.15, -0.1) is 0 Å². The summed E-state index contributed by atoms with van der Waals surface area (Å²) in [6.45, 7) is 11.7. The van der Waals surface area contributed by atoms with E-state index in [9.17, 15) is 55.2 Å². The molecule has 0 aliphatic heterocycles. The number of anilines is 4. The van der Waals surface area contributed by atoms with Crippen LogP contribution in [0.3, 0.4) is 0 Å². The van der Waals surface area contributed by atoms with E-state index in [4.69, 9.17) is 38.3 Å². The Hall–Kier alpha value is -9.00. The van der Waals surface area contributed by atoms with Crippen LogP contribution in [0.15, 0.2) is 49.6 Å². The van der Waals surface area contributed by atoms with Crippen molar-refractivity contribution < 1.29 is 64.7 Å². The fourth-order valence-corrected chi connectivity index (χ4v) is 16.7. The minimum Gasteiger partial charge on any atom is -0.465 e. The number of carbonyl (C=O) groups excluding carboxylic acids is 3. The number of hydrogen-bond acceptors (Lipinski definition) is 29. The highest BCUT2D eigenvalue weighted by Gasteiger charge is 2.78. The quantitative estimate of drug-likeness (QED) is 0.0573. The molecule has 17 rings (SSSR count). The maximum Gasteiger partial charge on any atom is 0.315 e. The monoisotopic (exact) mass is 1370 g/mol. The number of aromatic nitrogens is 16. The number of nitrogens with one attached hydrogen (secondary N) is 2. The largest absolute Gasteiger partial charge is 0.465 e. The SMILES string of the molecule is CCOC(=O)[C@@]12C[C@@H]1[C@@H](n1cnc3c(N)nc(C)nc31)[C@@H](O)C2O.CCOC(=O)[C@@]12C[C@@H]1[C@@H](n1cnc3c(N)nc(C)nc31)[C@@H](O)C2O.CNC(=O)[C@@]12C[C@@H]1[C@@H](n1cnc3c(NCc4cccc(C)c4)nc(Cl)nc31)[C@@H](O)C2O.Cc1nc(N)c2ncn([C@@H]3[C@H]4C[C@H]4C(O)[C@@H]3O)c2n1. The third kappa shape index (κ3) is 10.2. The van der Waals surface area contributed by atoms with Crippen molar-refractivity contribution in [3.05, 3.63) is 83.5 Å². The van der Waals surface area contributed by atoms with Gasteiger partial charge in [-0.3, -0.25) is 14.4 Å². The zero-order valence-corrected chi connectivity index (χ0v) is 55.0. The molecule has 35 heteroatoms. The van der Waals surface area contributed by atoms with Crippen molar-refractivity contribution in [2.24, 2.45) is 45.8 Å². The van der Waals surface area contributed by atoms with Gasteiger partial charge < -0.3 is 96.4 Å². The number of aliphatic hydroxyl groups is 8. The molecule has 20 atom stereocenters. The van der Waals surface area contributed by atoms with Gasteiger partial charge in [-0.25, -0.2) is 49.8 Å². The molecule has 34 nitrogen and oxygen atoms in total. The Kier molecular flexibility index (Phi) is 16.3. The predicted molar refractivity (Wildman–Crippen MR) is 347 cm³/mol. The lowest BCUT2D eigenvalue weighted by atomic mass is 9.98. The van der Waals surface area contributed by atoms with Gasteiger partial charge in [-0.1, -0.05) is 29.8 Å². The molecule has 98 heavy (non-hydrogen) atoms. The smallest absolute Gasteiger partial charge is 0.315 e. The van der Waals surface area contributed by atoms with Crippen molar-refractivity contribution >= 4 is 97.4 Å². The van der Waals surface area contributed by atoms with Gasteiger partial charge in [-0.05, 0) is 96.2 Å². The highest BCUT2D eigenvalue weighted by Crippen LogP contribution is 2.70. The Morgan fingerprint density at radius 1 is 0.541 bits per heavy atom. The van der Waals surface area contributed by atoms with Gasteiger partial charge in [0.2, 0.25) is 11.2 Å². The van der Waals surface area contributed by atoms with Gasteiger partial charge >= 0.3 is 11.9 Å². The Balaban J connectivity index is 0.000000113. The molecule has 8 saturated carbocycles. The van der Waals surface area contributed by atoms with E-state index >= 15 is 0 Å². The Labute approximate surface area is 562 Å². The van der Waals surface area contributed by atoms with E-state index in [1.807, 2.05) is 29.7 Å². The highest BCUT2D eigenvalue weighted by molar-refractivity contribution is 6.28. The standard InChI is InChI=1S/C21H23ClN6O3.2C15H19N5O4.C12H15N5O2/c1-10-4-3-5-11(6-10)8-24-17-13-18(27-20(22)26-17)28(9-25-13)14-12-7-21(12,19(31)23-2)16(30)15(14)29;2*1-3-24-14(23)15-4-7(15)9(10(21)11(15)22)20-5-17-8-12(16)18-6(2)19-13(8)20;1-4-15-11(13)7-12(16-4)17(3-14-7)8-5-2-6(5)9(18)10(8)19/h3-6,9,12,14-16,29-30H,7-8H2,1-2H3,(H,23,31)(H,24,26,27);2*5,7,9-11,21-22H,3-4H2,1-2H3,(H2,16,18,19);3,5-6,8-10,18-19H,2H2,1H3,(H2,13,15,16)/t12-,14-,15-,16?,21+;2*7-,9-,10-,11?,15+;5-,6+,8+,9?,10+/m1110/s1. The number of carbonyl (C=O) groups is 3. The summed E-state index contributed by atoms with van der Waals surface area (Å²) in [5, 5.41) is 89.3. The van der Waals surface area contributed by atoms with Crippen LogP contribution >= 0.6 is 11.6 Å². The molecule has 8 aromatic heterocycles. The van der Waals surface area contributed by atoms with E-state index < -0.39 is 95.1 Å². The summed E-state index contributed by atoms with van der Waals surface area (Å²) in [6, 6.07) is 6.39. The average Bonchev–Trinajstić information content (AvgIpc) is 1.52. The average molecular weight is 1370 g/mol. The van der Waals surface area contributed by atoms with Gasteiger partial charge in [0, 0.05) is 31.3 Å². The summed E-state index contributed by atoms with van der Waals surface area (Å²) in [6.07, 6.45) is 0.356. The van der Waals surface area contributed by atoms with E-state index in [0.29, 0.717) is 105 Å². The molecule has 518 valence electrons. The second-order valence-corrected chi connectivity index (χ2v) is 27.2. The summed E-state index contributed by atoms with van der Waals surface area (Å²) in [7, 11) is 1.53. The third-order valence-corrected chi connectivity index (χ3v) is 21.5. The minimum absolute atomic E-state index is 0.0439. The number of halogens is 1. The van der Waals surface area contributed by atoms with Crippen LogP contribution in [0.25, 0.3) is 44.7 Å². The summed E-state index contributed by atoms with van der Waals surface area (Å²) >= 11 is 6.20. The Morgan fingerprint density at radius 2 is 0.949 bits per heavy atom. The molecular formula is C63H76ClN21O13. The first-order valence-corrected chi connectivity index (χ1v) is 32.8. The number of imidazole rings is 4. The first kappa shape index (κ1) is 66.2. The first-order valence-electron chi connectivity index (χ1n) is 32.4. The molecule has 0 spiro atoms. The van der Waals surface area contributed by atoms with Gasteiger partial charge in [0.05, 0.1) is 92.5 Å². The van der Waals surface area contributed by atoms with Crippen molar-refractivity contribution in [1.82, 2.24) is 83.4 Å². The van der Waals surface area contributed by atoms with Crippen molar-refractivity contribution in [2.75, 3.05) is 42.8 Å². The number of amides is 1. The van der Waals surface area contributed by atoms with Gasteiger partial charge in [0.1, 0.15) is 69.3 Å². The van der Waals surface area contributed by atoms with Gasteiger partial charge in [0.25, 0.3) is 0 Å². The topological polar surface area (TPSA) is 508 Å². The van der Waals surface area contributed by atoms with Crippen LogP contribution in [-0.4, -0.2) is 206 Å². The normalized spacial score (nSPS) is 33.1. The number of nitrogens with zero attached hydrogens (tertiary/aromatic N) is 16. The summed E-state index contributed by atoms with van der Waals surface area (Å²) in [5.41, 5.74) is 20.8. The molecule has 4 unspecified atom stereocenters. The number of fused-ring (bicyclic) bond motifs is 8. The number of aryl methyl sites for hydroxylation is 4. The lowest BCUT2D eigenvalue weighted by Gasteiger charge is -2.23. The highest BCUT2D eigenvalue weighted by atomic mass is 35.5. The van der Waals surface area contributed by atoms with Crippen LogP contribution in [0.4, 0.5) is 23.3 Å². The molecule has 0 bridgehead atoms. The van der Waals surface area contributed by atoms with Crippen LogP contribution < -0.4 is 27.8 Å². The maximum absolute atomic E-state index is 12.4. The van der Waals surface area contributed by atoms with Crippen LogP contribution in [0.2, 0.25) is 5.28 Å². The second-order valence-electron chi connectivity index (χ2n) is 26.8. The molecule has 8 fully saturated rings. The molecule has 0 radical (unpaired) electrons. The molecule has 9 aromatic rings. The third-order valence-electron chi connectivity index (χ3n) is 21.3. The molecule has 8 aliphatic carbocycles. The zero-order chi connectivity index (χ0) is 69.7. The van der Waals surface area contributed by atoms with Gasteiger partial charge in [0.15, 0.2) is 51.4 Å². The number of aliphatic hydroxyl groups excluding tert-OH is 8. The molecule has 1 amide bonds. The van der Waals surface area contributed by atoms with E-state index in [2.05, 4.69) is 76.5 Å². The predicted octanol–water partition coefficient (Wildman–Crippen LogP) is 0.184. The number of rotatable bonds is 12. The molecule has 16 N–H and O–H groups in total. The second kappa shape index (κ2) is 24.2. The number of benzene rings is 1. The molecular weight excluding hydrogens is 1290 g/mol. The van der Waals surface area contributed by atoms with E-state index in [1.165, 1.54) is 19.7 Å². The number of nitrogen functional groups attached to an aromatic ring is 3. The van der Waals surface area contributed by atoms with E-state index in [0.717, 1.165) is 17.5 Å². The molecule has 8 heterocycles. The van der Waals surface area contributed by atoms with Crippen molar-refractivity contribution in [1.29, 1.82) is 0 Å². The minimum atomic E-state index is -1.18. The van der Waals surface area contributed by atoms with E-state index in [-0.39, 0.29) is 65.8 Å². The fraction of sp³-hybridized carbons (Fsp3) is 0.540. The van der Waals surface area contributed by atoms with Crippen LogP contribution in [0.1, 0.15) is 92.3 Å². The van der Waals surface area contributed by atoms with Crippen LogP contribution in [-0.2, 0) is 30.4 Å². The van der Waals surface area contributed by atoms with Crippen LogP contribution in [0.5, 0.6) is 0 Å². The maximum atomic E-state index is 12.4. The summed E-state index contributed by atoms with van der Waals surface area (Å²) < 4.78 is 17.1. The van der Waals surface area contributed by atoms with Crippen molar-refractivity contribution in [2.45, 2.75) is 147 Å². The van der Waals surface area contributed by atoms with Crippen LogP contribution in [0, 0.1) is 73.5 Å². The van der Waals surface area contributed by atoms with E-state index in [1.54, 1.807) is 61.0 Å². The molecule has 0 saturated heterocycles. The lowest BCUT2D eigenvalue weighted by molar-refractivity contribution is -0.157. The number of ether oxygens (including phenoxy) is 2.